The first-order chi connectivity index (χ1) is 9.20. The van der Waals surface area contributed by atoms with Gasteiger partial charge < -0.3 is 9.72 Å². The molecule has 0 amide bonds. The summed E-state index contributed by atoms with van der Waals surface area (Å²) in [7, 11) is 0. The third kappa shape index (κ3) is 2.47. The number of fused-ring (bicyclic) bond motifs is 1. The van der Waals surface area contributed by atoms with E-state index in [-0.39, 0.29) is 0 Å². The summed E-state index contributed by atoms with van der Waals surface area (Å²) in [6.07, 6.45) is 2.66. The highest BCUT2D eigenvalue weighted by Gasteiger charge is 2.21. The maximum atomic E-state index is 5.70. The van der Waals surface area contributed by atoms with Crippen LogP contribution in [0.15, 0.2) is 0 Å². The zero-order valence-corrected chi connectivity index (χ0v) is 12.3. The number of H-pyrrole nitrogens is 1. The van der Waals surface area contributed by atoms with E-state index >= 15 is 0 Å². The molecule has 0 spiro atoms. The summed E-state index contributed by atoms with van der Waals surface area (Å²) in [4.78, 5) is 3.25. The maximum absolute atomic E-state index is 5.70. The molecular formula is C13H20N4OS. The van der Waals surface area contributed by atoms with E-state index in [9.17, 15) is 0 Å². The van der Waals surface area contributed by atoms with Gasteiger partial charge >= 0.3 is 0 Å². The lowest BCUT2D eigenvalue weighted by molar-refractivity contribution is 0.117. The van der Waals surface area contributed by atoms with Crippen LogP contribution in [0.25, 0.3) is 11.2 Å². The van der Waals surface area contributed by atoms with Crippen LogP contribution in [-0.2, 0) is 17.8 Å². The van der Waals surface area contributed by atoms with Gasteiger partial charge in [-0.1, -0.05) is 0 Å². The van der Waals surface area contributed by atoms with Crippen molar-refractivity contribution in [2.24, 2.45) is 5.92 Å². The number of hydrogen-bond acceptors (Lipinski definition) is 3. The molecule has 19 heavy (non-hydrogen) atoms. The predicted molar refractivity (Wildman–Crippen MR) is 76.9 cm³/mol. The first-order valence-corrected chi connectivity index (χ1v) is 7.35. The van der Waals surface area contributed by atoms with E-state index in [1.54, 1.807) is 0 Å². The molecule has 3 rings (SSSR count). The van der Waals surface area contributed by atoms with Crippen molar-refractivity contribution in [2.45, 2.75) is 39.8 Å². The number of nitrogens with one attached hydrogen (secondary N) is 1. The minimum absolute atomic E-state index is 0.714. The fourth-order valence-corrected chi connectivity index (χ4v) is 2.66. The molecule has 2 aromatic rings. The molecule has 1 aliphatic rings. The van der Waals surface area contributed by atoms with E-state index in [1.807, 2.05) is 11.6 Å². The molecule has 1 fully saturated rings. The Balaban J connectivity index is 1.80. The van der Waals surface area contributed by atoms with Gasteiger partial charge in [0.15, 0.2) is 10.4 Å². The Morgan fingerprint density at radius 2 is 2.26 bits per heavy atom. The summed E-state index contributed by atoms with van der Waals surface area (Å²) in [5.74, 6) is 0.808. The second-order valence-corrected chi connectivity index (χ2v) is 5.59. The van der Waals surface area contributed by atoms with Crippen LogP contribution in [-0.4, -0.2) is 32.5 Å². The van der Waals surface area contributed by atoms with Crippen molar-refractivity contribution in [3.8, 4) is 0 Å². The van der Waals surface area contributed by atoms with Crippen LogP contribution < -0.4 is 0 Å². The van der Waals surface area contributed by atoms with E-state index < -0.39 is 0 Å². The molecule has 0 aromatic carbocycles. The van der Waals surface area contributed by atoms with Gasteiger partial charge in [-0.2, -0.15) is 5.10 Å². The molecule has 1 N–H and O–H groups in total. The third-order valence-electron chi connectivity index (χ3n) is 3.64. The summed E-state index contributed by atoms with van der Waals surface area (Å²) < 4.78 is 10.6. The lowest BCUT2D eigenvalue weighted by Crippen LogP contribution is -2.10. The standard InChI is InChI=1S/C13H20N4OS/c1-3-17-12-11(9(2)15-17)14-13(19)16(12)6-7-18-8-10-4-5-10/h10H,3-8H2,1-2H3,(H,14,19). The number of aromatic amines is 1. The highest BCUT2D eigenvalue weighted by molar-refractivity contribution is 7.71. The quantitative estimate of drug-likeness (QED) is 0.653. The van der Waals surface area contributed by atoms with E-state index in [0.29, 0.717) is 6.61 Å². The third-order valence-corrected chi connectivity index (χ3v) is 3.97. The number of imidazole rings is 1. The Kier molecular flexibility index (Phi) is 3.45. The van der Waals surface area contributed by atoms with Crippen molar-refractivity contribution in [3.63, 3.8) is 0 Å². The first-order valence-electron chi connectivity index (χ1n) is 6.94. The van der Waals surface area contributed by atoms with Crippen molar-refractivity contribution >= 4 is 23.4 Å². The first kappa shape index (κ1) is 12.9. The molecule has 0 atom stereocenters. The van der Waals surface area contributed by atoms with Gasteiger partial charge in [-0.3, -0.25) is 4.57 Å². The Hall–Kier alpha value is -1.14. The zero-order valence-electron chi connectivity index (χ0n) is 11.5. The van der Waals surface area contributed by atoms with Crippen LogP contribution in [0.3, 0.4) is 0 Å². The molecule has 1 aliphatic carbocycles. The summed E-state index contributed by atoms with van der Waals surface area (Å²) >= 11 is 5.40. The van der Waals surface area contributed by atoms with Gasteiger partial charge in [-0.15, -0.1) is 0 Å². The van der Waals surface area contributed by atoms with Crippen molar-refractivity contribution in [2.75, 3.05) is 13.2 Å². The molecule has 5 nitrogen and oxygen atoms in total. The fourth-order valence-electron chi connectivity index (χ4n) is 2.38. The highest BCUT2D eigenvalue weighted by atomic mass is 32.1. The van der Waals surface area contributed by atoms with E-state index in [4.69, 9.17) is 17.0 Å². The van der Waals surface area contributed by atoms with Gasteiger partial charge in [0.1, 0.15) is 5.52 Å². The number of nitrogens with zero attached hydrogens (tertiary/aromatic N) is 3. The number of rotatable bonds is 6. The zero-order chi connectivity index (χ0) is 13.4. The lowest BCUT2D eigenvalue weighted by Gasteiger charge is -2.07. The summed E-state index contributed by atoms with van der Waals surface area (Å²) in [6, 6.07) is 0. The van der Waals surface area contributed by atoms with Gasteiger partial charge in [0.25, 0.3) is 0 Å². The van der Waals surface area contributed by atoms with Crippen molar-refractivity contribution in [1.82, 2.24) is 19.3 Å². The largest absolute Gasteiger partial charge is 0.379 e. The molecule has 2 heterocycles. The van der Waals surface area contributed by atoms with Crippen molar-refractivity contribution in [3.05, 3.63) is 10.5 Å². The molecule has 104 valence electrons. The molecule has 1 saturated carbocycles. The molecule has 0 unspecified atom stereocenters. The van der Waals surface area contributed by atoms with Crippen LogP contribution in [0.4, 0.5) is 0 Å². The Bertz CT molecular complexity index is 635. The lowest BCUT2D eigenvalue weighted by atomic mass is 10.4. The predicted octanol–water partition coefficient (Wildman–Crippen LogP) is 2.65. The van der Waals surface area contributed by atoms with Crippen LogP contribution in [0.5, 0.6) is 0 Å². The summed E-state index contributed by atoms with van der Waals surface area (Å²) in [5, 5.41) is 4.51. The van der Waals surface area contributed by atoms with Crippen molar-refractivity contribution in [1.29, 1.82) is 0 Å². The minimum Gasteiger partial charge on any atom is -0.379 e. The minimum atomic E-state index is 0.714. The van der Waals surface area contributed by atoms with Gasteiger partial charge in [-0.25, -0.2) is 4.68 Å². The molecular weight excluding hydrogens is 260 g/mol. The summed E-state index contributed by atoms with van der Waals surface area (Å²) in [6.45, 7) is 7.35. The Morgan fingerprint density at radius 1 is 1.47 bits per heavy atom. The average Bonchev–Trinajstić information content (AvgIpc) is 3.09. The molecule has 0 aliphatic heterocycles. The smallest absolute Gasteiger partial charge is 0.179 e. The highest BCUT2D eigenvalue weighted by Crippen LogP contribution is 2.28. The number of aromatic nitrogens is 4. The van der Waals surface area contributed by atoms with Gasteiger partial charge in [-0.05, 0) is 44.8 Å². The second-order valence-electron chi connectivity index (χ2n) is 5.20. The van der Waals surface area contributed by atoms with E-state index in [2.05, 4.69) is 21.6 Å². The maximum Gasteiger partial charge on any atom is 0.179 e. The van der Waals surface area contributed by atoms with Gasteiger partial charge in [0.05, 0.1) is 18.8 Å². The number of ether oxygens (including phenoxy) is 1. The fraction of sp³-hybridized carbons (Fsp3) is 0.692. The molecule has 6 heteroatoms. The molecule has 0 saturated heterocycles. The molecule has 0 bridgehead atoms. The molecule has 2 aromatic heterocycles. The van der Waals surface area contributed by atoms with Crippen LogP contribution in [0, 0.1) is 17.6 Å². The number of hydrogen-bond donors (Lipinski definition) is 1. The monoisotopic (exact) mass is 280 g/mol. The summed E-state index contributed by atoms with van der Waals surface area (Å²) in [5.41, 5.74) is 3.13. The molecule has 0 radical (unpaired) electrons. The van der Waals surface area contributed by atoms with Crippen LogP contribution in [0.1, 0.15) is 25.5 Å². The van der Waals surface area contributed by atoms with E-state index in [0.717, 1.165) is 47.2 Å². The van der Waals surface area contributed by atoms with Gasteiger partial charge in [0.2, 0.25) is 0 Å². The van der Waals surface area contributed by atoms with Crippen LogP contribution in [0.2, 0.25) is 0 Å². The topological polar surface area (TPSA) is 47.8 Å². The second kappa shape index (κ2) is 5.09. The van der Waals surface area contributed by atoms with Gasteiger partial charge in [0, 0.05) is 13.2 Å². The van der Waals surface area contributed by atoms with E-state index in [1.165, 1.54) is 12.8 Å². The van der Waals surface area contributed by atoms with Crippen LogP contribution >= 0.6 is 12.2 Å². The number of aryl methyl sites for hydroxylation is 2. The average molecular weight is 280 g/mol. The SMILES string of the molecule is CCn1nc(C)c2[nH]c(=S)n(CCOCC3CC3)c21. The Labute approximate surface area is 117 Å². The normalized spacial score (nSPS) is 15.5. The Morgan fingerprint density at radius 3 is 2.95 bits per heavy atom. The van der Waals surface area contributed by atoms with Crippen molar-refractivity contribution < 1.29 is 4.74 Å².